The maximum absolute atomic E-state index is 13.0. The smallest absolute Gasteiger partial charge is 0.258 e. The molecule has 2 nitrogen and oxygen atoms in total. The number of carbonyl (C=O) groups is 1. The van der Waals surface area contributed by atoms with Gasteiger partial charge < -0.3 is 4.90 Å². The van der Waals surface area contributed by atoms with Crippen molar-refractivity contribution in [3.63, 3.8) is 0 Å². The minimum Gasteiger partial charge on any atom is -0.308 e. The Labute approximate surface area is 126 Å². The van der Waals surface area contributed by atoms with E-state index >= 15 is 0 Å². The fraction of sp³-hybridized carbons (Fsp3) is 0.316. The molecule has 0 radical (unpaired) electrons. The molecule has 0 aromatic heterocycles. The summed E-state index contributed by atoms with van der Waals surface area (Å²) >= 11 is 0. The van der Waals surface area contributed by atoms with Crippen LogP contribution in [-0.2, 0) is 6.42 Å². The molecule has 0 saturated carbocycles. The molecule has 21 heavy (non-hydrogen) atoms. The summed E-state index contributed by atoms with van der Waals surface area (Å²) in [4.78, 5) is 14.9. The van der Waals surface area contributed by atoms with Crippen LogP contribution in [0.1, 0.15) is 39.0 Å². The van der Waals surface area contributed by atoms with Crippen LogP contribution in [0.4, 0.5) is 5.69 Å². The van der Waals surface area contributed by atoms with Gasteiger partial charge in [-0.05, 0) is 68.0 Å². The maximum Gasteiger partial charge on any atom is 0.258 e. The van der Waals surface area contributed by atoms with Crippen LogP contribution in [0.3, 0.4) is 0 Å². The highest BCUT2D eigenvalue weighted by Gasteiger charge is 2.24. The molecule has 3 rings (SSSR count). The molecule has 1 aliphatic heterocycles. The third kappa shape index (κ3) is 2.46. The second-order valence-electron chi connectivity index (χ2n) is 5.94. The zero-order valence-corrected chi connectivity index (χ0v) is 12.9. The van der Waals surface area contributed by atoms with E-state index in [1.165, 1.54) is 16.7 Å². The molecule has 0 bridgehead atoms. The zero-order chi connectivity index (χ0) is 15.0. The number of aryl methyl sites for hydroxylation is 4. The normalized spacial score (nSPS) is 14.0. The number of carbonyl (C=O) groups excluding carboxylic acids is 1. The van der Waals surface area contributed by atoms with E-state index < -0.39 is 0 Å². The number of hydrogen-bond donors (Lipinski definition) is 0. The van der Waals surface area contributed by atoms with Gasteiger partial charge in [0.05, 0.1) is 0 Å². The van der Waals surface area contributed by atoms with Crippen molar-refractivity contribution in [1.29, 1.82) is 0 Å². The second-order valence-corrected chi connectivity index (χ2v) is 5.94. The maximum atomic E-state index is 13.0. The van der Waals surface area contributed by atoms with Crippen LogP contribution in [0, 0.1) is 20.8 Å². The first kappa shape index (κ1) is 13.9. The predicted octanol–water partition coefficient (Wildman–Crippen LogP) is 4.20. The molecule has 1 heterocycles. The number of para-hydroxylation sites is 1. The Morgan fingerprint density at radius 3 is 2.52 bits per heavy atom. The standard InChI is InChI=1S/C19H21NO/c1-13-11-15(3)17(12-14(13)2)19(21)20-10-6-8-16-7-4-5-9-18(16)20/h4-5,7,9,11-12H,6,8,10H2,1-3H3. The van der Waals surface area contributed by atoms with Crippen molar-refractivity contribution in [3.05, 3.63) is 64.2 Å². The van der Waals surface area contributed by atoms with Crippen molar-refractivity contribution in [2.24, 2.45) is 0 Å². The quantitative estimate of drug-likeness (QED) is 0.766. The molecule has 0 N–H and O–H groups in total. The molecule has 0 aliphatic carbocycles. The number of nitrogens with zero attached hydrogens (tertiary/aromatic N) is 1. The molecule has 0 fully saturated rings. The van der Waals surface area contributed by atoms with E-state index in [1.807, 2.05) is 30.0 Å². The van der Waals surface area contributed by atoms with Gasteiger partial charge in [0, 0.05) is 17.8 Å². The van der Waals surface area contributed by atoms with E-state index in [0.717, 1.165) is 36.2 Å². The highest BCUT2D eigenvalue weighted by molar-refractivity contribution is 6.07. The molecule has 0 atom stereocenters. The molecule has 1 aliphatic rings. The van der Waals surface area contributed by atoms with Gasteiger partial charge in [0.2, 0.25) is 0 Å². The summed E-state index contributed by atoms with van der Waals surface area (Å²) in [5.41, 5.74) is 6.66. The minimum absolute atomic E-state index is 0.128. The molecular formula is C19H21NO. The fourth-order valence-electron chi connectivity index (χ4n) is 3.08. The SMILES string of the molecule is Cc1cc(C)c(C(=O)N2CCCc3ccccc32)cc1C. The summed E-state index contributed by atoms with van der Waals surface area (Å²) in [6.45, 7) is 6.99. The van der Waals surface area contributed by atoms with Crippen molar-refractivity contribution in [3.8, 4) is 0 Å². The average molecular weight is 279 g/mol. The van der Waals surface area contributed by atoms with E-state index in [0.29, 0.717) is 0 Å². The highest BCUT2D eigenvalue weighted by Crippen LogP contribution is 2.29. The molecule has 1 amide bonds. The summed E-state index contributed by atoms with van der Waals surface area (Å²) in [6.07, 6.45) is 2.10. The van der Waals surface area contributed by atoms with Crippen molar-refractivity contribution >= 4 is 11.6 Å². The summed E-state index contributed by atoms with van der Waals surface area (Å²) < 4.78 is 0. The minimum atomic E-state index is 0.128. The van der Waals surface area contributed by atoms with Gasteiger partial charge in [0.1, 0.15) is 0 Å². The third-order valence-corrected chi connectivity index (χ3v) is 4.43. The lowest BCUT2D eigenvalue weighted by Crippen LogP contribution is -2.35. The molecule has 108 valence electrons. The Bertz CT molecular complexity index is 703. The molecule has 2 heteroatoms. The van der Waals surface area contributed by atoms with Gasteiger partial charge in [0.15, 0.2) is 0 Å². The zero-order valence-electron chi connectivity index (χ0n) is 12.9. The Kier molecular flexibility index (Phi) is 3.54. The summed E-state index contributed by atoms with van der Waals surface area (Å²) in [5.74, 6) is 0.128. The van der Waals surface area contributed by atoms with Crippen LogP contribution in [0.15, 0.2) is 36.4 Å². The van der Waals surface area contributed by atoms with Crippen molar-refractivity contribution in [2.45, 2.75) is 33.6 Å². The molecule has 0 unspecified atom stereocenters. The van der Waals surface area contributed by atoms with Crippen LogP contribution >= 0.6 is 0 Å². The second kappa shape index (κ2) is 5.36. The van der Waals surface area contributed by atoms with Gasteiger partial charge in [-0.1, -0.05) is 24.3 Å². The lowest BCUT2D eigenvalue weighted by atomic mass is 9.97. The molecule has 0 saturated heterocycles. The predicted molar refractivity (Wildman–Crippen MR) is 87.1 cm³/mol. The monoisotopic (exact) mass is 279 g/mol. The largest absolute Gasteiger partial charge is 0.308 e. The molecule has 2 aromatic rings. The van der Waals surface area contributed by atoms with Gasteiger partial charge >= 0.3 is 0 Å². The van der Waals surface area contributed by atoms with Crippen LogP contribution < -0.4 is 4.90 Å². The van der Waals surface area contributed by atoms with Gasteiger partial charge in [-0.3, -0.25) is 4.79 Å². The van der Waals surface area contributed by atoms with E-state index in [1.54, 1.807) is 0 Å². The summed E-state index contributed by atoms with van der Waals surface area (Å²) in [5, 5.41) is 0. The van der Waals surface area contributed by atoms with Crippen LogP contribution in [0.2, 0.25) is 0 Å². The lowest BCUT2D eigenvalue weighted by molar-refractivity contribution is 0.0984. The first-order chi connectivity index (χ1) is 10.1. The summed E-state index contributed by atoms with van der Waals surface area (Å²) in [6, 6.07) is 12.4. The first-order valence-electron chi connectivity index (χ1n) is 7.55. The Morgan fingerprint density at radius 1 is 1.00 bits per heavy atom. The van der Waals surface area contributed by atoms with E-state index in [-0.39, 0.29) is 5.91 Å². The number of anilines is 1. The van der Waals surface area contributed by atoms with Crippen molar-refractivity contribution < 1.29 is 4.79 Å². The van der Waals surface area contributed by atoms with Crippen LogP contribution in [0.25, 0.3) is 0 Å². The lowest BCUT2D eigenvalue weighted by Gasteiger charge is -2.30. The first-order valence-corrected chi connectivity index (χ1v) is 7.55. The molecule has 2 aromatic carbocycles. The van der Waals surface area contributed by atoms with Crippen LogP contribution in [-0.4, -0.2) is 12.5 Å². The topological polar surface area (TPSA) is 20.3 Å². The number of rotatable bonds is 1. The van der Waals surface area contributed by atoms with Crippen LogP contribution in [0.5, 0.6) is 0 Å². The van der Waals surface area contributed by atoms with Crippen molar-refractivity contribution in [2.75, 3.05) is 11.4 Å². The fourth-order valence-corrected chi connectivity index (χ4v) is 3.08. The molecular weight excluding hydrogens is 258 g/mol. The number of amides is 1. The number of hydrogen-bond acceptors (Lipinski definition) is 1. The van der Waals surface area contributed by atoms with E-state index in [9.17, 15) is 4.79 Å². The average Bonchev–Trinajstić information content (AvgIpc) is 2.49. The van der Waals surface area contributed by atoms with E-state index in [2.05, 4.69) is 32.0 Å². The van der Waals surface area contributed by atoms with Gasteiger partial charge in [0.25, 0.3) is 5.91 Å². The van der Waals surface area contributed by atoms with Gasteiger partial charge in [-0.15, -0.1) is 0 Å². The Balaban J connectivity index is 2.03. The van der Waals surface area contributed by atoms with E-state index in [4.69, 9.17) is 0 Å². The highest BCUT2D eigenvalue weighted by atomic mass is 16.2. The third-order valence-electron chi connectivity index (χ3n) is 4.43. The number of benzene rings is 2. The number of fused-ring (bicyclic) bond motifs is 1. The van der Waals surface area contributed by atoms with Gasteiger partial charge in [-0.25, -0.2) is 0 Å². The molecule has 0 spiro atoms. The Morgan fingerprint density at radius 2 is 1.71 bits per heavy atom. The Hall–Kier alpha value is -2.09. The van der Waals surface area contributed by atoms with Crippen molar-refractivity contribution in [1.82, 2.24) is 0 Å². The van der Waals surface area contributed by atoms with Gasteiger partial charge in [-0.2, -0.15) is 0 Å². The summed E-state index contributed by atoms with van der Waals surface area (Å²) in [7, 11) is 0.